The Bertz CT molecular complexity index is 307. The zero-order valence-electron chi connectivity index (χ0n) is 14.7. The molecule has 0 radical (unpaired) electrons. The molecule has 4 nitrogen and oxygen atoms in total. The maximum Gasteiger partial charge on any atom is 0.234 e. The number of nitrogens with one attached hydrogen (secondary N) is 2. The van der Waals surface area contributed by atoms with Gasteiger partial charge in [-0.15, -0.1) is 0 Å². The quantitative estimate of drug-likeness (QED) is 0.722. The highest BCUT2D eigenvalue weighted by Gasteiger charge is 2.23. The number of hydrogen-bond acceptors (Lipinski definition) is 3. The van der Waals surface area contributed by atoms with Crippen LogP contribution in [0.15, 0.2) is 0 Å². The van der Waals surface area contributed by atoms with E-state index < -0.39 is 0 Å². The van der Waals surface area contributed by atoms with Crippen molar-refractivity contribution in [3.8, 4) is 0 Å². The van der Waals surface area contributed by atoms with Crippen LogP contribution < -0.4 is 10.6 Å². The van der Waals surface area contributed by atoms with E-state index in [1.54, 1.807) is 0 Å². The minimum atomic E-state index is -0.0871. The first-order chi connectivity index (χ1) is 9.82. The predicted molar refractivity (Wildman–Crippen MR) is 89.4 cm³/mol. The number of piperidine rings is 1. The second-order valence-electron chi connectivity index (χ2n) is 7.56. The smallest absolute Gasteiger partial charge is 0.234 e. The van der Waals surface area contributed by atoms with Crippen LogP contribution in [0.1, 0.15) is 53.9 Å². The van der Waals surface area contributed by atoms with Gasteiger partial charge in [-0.05, 0) is 71.1 Å². The van der Waals surface area contributed by atoms with E-state index in [0.717, 1.165) is 44.4 Å². The molecule has 21 heavy (non-hydrogen) atoms. The molecule has 1 amide bonds. The molecule has 4 heteroatoms. The molecule has 0 atom stereocenters. The summed E-state index contributed by atoms with van der Waals surface area (Å²) < 4.78 is 0. The van der Waals surface area contributed by atoms with Crippen molar-refractivity contribution in [2.75, 3.05) is 32.7 Å². The van der Waals surface area contributed by atoms with Crippen LogP contribution in [0.3, 0.4) is 0 Å². The Labute approximate surface area is 131 Å². The summed E-state index contributed by atoms with van der Waals surface area (Å²) in [6.07, 6.45) is 3.37. The summed E-state index contributed by atoms with van der Waals surface area (Å²) in [6, 6.07) is 0. The summed E-state index contributed by atoms with van der Waals surface area (Å²) in [5.74, 6) is 1.66. The van der Waals surface area contributed by atoms with E-state index >= 15 is 0 Å². The van der Waals surface area contributed by atoms with E-state index in [-0.39, 0.29) is 11.4 Å². The maximum absolute atomic E-state index is 12.0. The first kappa shape index (κ1) is 18.4. The zero-order chi connectivity index (χ0) is 15.9. The Balaban J connectivity index is 2.19. The van der Waals surface area contributed by atoms with Gasteiger partial charge in [0.15, 0.2) is 0 Å². The molecule has 1 saturated heterocycles. The van der Waals surface area contributed by atoms with Gasteiger partial charge in [-0.1, -0.05) is 20.8 Å². The van der Waals surface area contributed by atoms with Crippen LogP contribution in [-0.2, 0) is 4.79 Å². The van der Waals surface area contributed by atoms with Gasteiger partial charge in [0.1, 0.15) is 0 Å². The molecule has 124 valence electrons. The Hall–Kier alpha value is -0.610. The summed E-state index contributed by atoms with van der Waals surface area (Å²) in [7, 11) is 0. The topological polar surface area (TPSA) is 44.4 Å². The molecule has 0 aromatic rings. The summed E-state index contributed by atoms with van der Waals surface area (Å²) in [5.41, 5.74) is -0.0871. The molecule has 0 bridgehead atoms. The molecule has 0 aromatic heterocycles. The number of carbonyl (C=O) groups is 1. The molecule has 1 aliphatic heterocycles. The van der Waals surface area contributed by atoms with Crippen molar-refractivity contribution in [2.45, 2.75) is 59.4 Å². The van der Waals surface area contributed by atoms with Crippen LogP contribution in [0, 0.1) is 11.8 Å². The van der Waals surface area contributed by atoms with Crippen molar-refractivity contribution < 1.29 is 4.79 Å². The van der Waals surface area contributed by atoms with Crippen molar-refractivity contribution in [1.82, 2.24) is 15.5 Å². The second-order valence-corrected chi connectivity index (χ2v) is 7.56. The zero-order valence-corrected chi connectivity index (χ0v) is 14.7. The fraction of sp³-hybridized carbons (Fsp3) is 0.941. The van der Waals surface area contributed by atoms with Gasteiger partial charge in [0.2, 0.25) is 5.91 Å². The summed E-state index contributed by atoms with van der Waals surface area (Å²) in [5, 5.41) is 6.67. The fourth-order valence-corrected chi connectivity index (χ4v) is 2.63. The number of nitrogens with zero attached hydrogens (tertiary/aromatic N) is 1. The maximum atomic E-state index is 12.0. The normalized spacial score (nSPS) is 18.2. The molecule has 0 aromatic carbocycles. The largest absolute Gasteiger partial charge is 0.350 e. The molecular formula is C17H35N3O. The monoisotopic (exact) mass is 297 g/mol. The predicted octanol–water partition coefficient (Wildman–Crippen LogP) is 2.25. The lowest BCUT2D eigenvalue weighted by Gasteiger charge is -2.33. The molecule has 1 aliphatic rings. The first-order valence-corrected chi connectivity index (χ1v) is 8.56. The fourth-order valence-electron chi connectivity index (χ4n) is 2.63. The highest BCUT2D eigenvalue weighted by atomic mass is 16.2. The summed E-state index contributed by atoms with van der Waals surface area (Å²) >= 11 is 0. The summed E-state index contributed by atoms with van der Waals surface area (Å²) in [6.45, 7) is 15.6. The van der Waals surface area contributed by atoms with Gasteiger partial charge in [-0.2, -0.15) is 0 Å². The Morgan fingerprint density at radius 2 is 1.90 bits per heavy atom. The van der Waals surface area contributed by atoms with E-state index in [2.05, 4.69) is 50.2 Å². The van der Waals surface area contributed by atoms with Crippen molar-refractivity contribution in [3.05, 3.63) is 0 Å². The highest BCUT2D eigenvalue weighted by Crippen LogP contribution is 2.16. The van der Waals surface area contributed by atoms with E-state index in [1.807, 2.05) is 0 Å². The third-order valence-electron chi connectivity index (χ3n) is 4.42. The summed E-state index contributed by atoms with van der Waals surface area (Å²) in [4.78, 5) is 14.3. The van der Waals surface area contributed by atoms with E-state index in [9.17, 15) is 4.79 Å². The van der Waals surface area contributed by atoms with Gasteiger partial charge in [0.05, 0.1) is 6.54 Å². The standard InChI is InChI=1S/C17H35N3O/c1-6-17(4,5)19-16(21)13-20-9-7-15(8-10-20)12-18-11-14(2)3/h14-15,18H,6-13H2,1-5H3,(H,19,21). The van der Waals surface area contributed by atoms with Gasteiger partial charge >= 0.3 is 0 Å². The SMILES string of the molecule is CCC(C)(C)NC(=O)CN1CCC(CNCC(C)C)CC1. The van der Waals surface area contributed by atoms with Crippen LogP contribution in [0.5, 0.6) is 0 Å². The number of likely N-dealkylation sites (tertiary alicyclic amines) is 1. The molecule has 0 unspecified atom stereocenters. The van der Waals surface area contributed by atoms with Crippen LogP contribution >= 0.6 is 0 Å². The van der Waals surface area contributed by atoms with Gasteiger partial charge in [0.25, 0.3) is 0 Å². The van der Waals surface area contributed by atoms with Crippen LogP contribution in [0.25, 0.3) is 0 Å². The third-order valence-corrected chi connectivity index (χ3v) is 4.42. The first-order valence-electron chi connectivity index (χ1n) is 8.56. The average Bonchev–Trinajstić information content (AvgIpc) is 2.39. The average molecular weight is 297 g/mol. The van der Waals surface area contributed by atoms with E-state index in [4.69, 9.17) is 0 Å². The Morgan fingerprint density at radius 1 is 1.29 bits per heavy atom. The Kier molecular flexibility index (Phi) is 7.67. The molecule has 0 saturated carbocycles. The van der Waals surface area contributed by atoms with Crippen LogP contribution in [0.4, 0.5) is 0 Å². The minimum absolute atomic E-state index is 0.0871. The van der Waals surface area contributed by atoms with E-state index in [0.29, 0.717) is 6.54 Å². The van der Waals surface area contributed by atoms with E-state index in [1.165, 1.54) is 12.8 Å². The molecule has 0 aliphatic carbocycles. The number of hydrogen-bond donors (Lipinski definition) is 2. The molecule has 1 heterocycles. The van der Waals surface area contributed by atoms with Crippen molar-refractivity contribution in [3.63, 3.8) is 0 Å². The van der Waals surface area contributed by atoms with Crippen LogP contribution in [0.2, 0.25) is 0 Å². The van der Waals surface area contributed by atoms with Gasteiger partial charge in [-0.3, -0.25) is 9.69 Å². The lowest BCUT2D eigenvalue weighted by Crippen LogP contribution is -2.49. The lowest BCUT2D eigenvalue weighted by atomic mass is 9.96. The minimum Gasteiger partial charge on any atom is -0.350 e. The molecular weight excluding hydrogens is 262 g/mol. The lowest BCUT2D eigenvalue weighted by molar-refractivity contribution is -0.124. The molecule has 1 fully saturated rings. The van der Waals surface area contributed by atoms with Crippen molar-refractivity contribution >= 4 is 5.91 Å². The number of rotatable bonds is 8. The van der Waals surface area contributed by atoms with Gasteiger partial charge in [-0.25, -0.2) is 0 Å². The number of amides is 1. The van der Waals surface area contributed by atoms with Crippen molar-refractivity contribution in [2.24, 2.45) is 11.8 Å². The second kappa shape index (κ2) is 8.74. The van der Waals surface area contributed by atoms with Crippen LogP contribution in [-0.4, -0.2) is 49.1 Å². The molecule has 1 rings (SSSR count). The van der Waals surface area contributed by atoms with Gasteiger partial charge < -0.3 is 10.6 Å². The number of carbonyl (C=O) groups excluding carboxylic acids is 1. The van der Waals surface area contributed by atoms with Gasteiger partial charge in [0, 0.05) is 5.54 Å². The highest BCUT2D eigenvalue weighted by molar-refractivity contribution is 5.78. The third kappa shape index (κ3) is 7.82. The van der Waals surface area contributed by atoms with Crippen molar-refractivity contribution in [1.29, 1.82) is 0 Å². The molecule has 2 N–H and O–H groups in total. The Morgan fingerprint density at radius 3 is 2.43 bits per heavy atom. The molecule has 0 spiro atoms.